The normalized spacial score (nSPS) is 29.4. The Kier molecular flexibility index (Phi) is 6.63. The van der Waals surface area contributed by atoms with Crippen LogP contribution in [0.4, 0.5) is 4.39 Å². The Morgan fingerprint density at radius 1 is 1.57 bits per heavy atom. The number of hydrogen-bond acceptors (Lipinski definition) is 5. The summed E-state index contributed by atoms with van der Waals surface area (Å²) >= 11 is 6.53. The van der Waals surface area contributed by atoms with E-state index in [1.807, 2.05) is 6.07 Å². The largest absolute Gasteiger partial charge is 0.479 e. The van der Waals surface area contributed by atoms with Crippen molar-refractivity contribution in [1.29, 1.82) is 5.26 Å². The van der Waals surface area contributed by atoms with Crippen LogP contribution in [0.3, 0.4) is 0 Å². The third-order valence-electron chi connectivity index (χ3n) is 5.09. The highest BCUT2D eigenvalue weighted by atomic mass is 35.5. The van der Waals surface area contributed by atoms with Crippen LogP contribution in [0.1, 0.15) is 33.6 Å². The van der Waals surface area contributed by atoms with Crippen molar-refractivity contribution in [2.24, 2.45) is 10.9 Å². The van der Waals surface area contributed by atoms with Gasteiger partial charge in [0.05, 0.1) is 0 Å². The highest BCUT2D eigenvalue weighted by molar-refractivity contribution is 6.29. The fraction of sp³-hybridized carbons (Fsp3) is 0.579. The van der Waals surface area contributed by atoms with Crippen LogP contribution in [0.2, 0.25) is 0 Å². The molecule has 2 aliphatic rings. The zero-order valence-electron chi connectivity index (χ0n) is 16.0. The number of allylic oxidation sites excluding steroid dienone is 1. The molecule has 2 rings (SSSR count). The number of nitriles is 1. The molecule has 0 aromatic heterocycles. The number of carboxylic acids is 1. The number of carbonyl (C=O) groups excluding carboxylic acids is 1. The number of carbonyl (C=O) groups is 2. The van der Waals surface area contributed by atoms with Crippen LogP contribution in [0, 0.1) is 17.2 Å². The number of nitrogens with zero attached hydrogens (tertiary/aromatic N) is 3. The van der Waals surface area contributed by atoms with Gasteiger partial charge in [0.2, 0.25) is 11.4 Å². The summed E-state index contributed by atoms with van der Waals surface area (Å²) in [6.45, 7) is 5.48. The Labute approximate surface area is 168 Å². The van der Waals surface area contributed by atoms with E-state index in [0.717, 1.165) is 18.9 Å². The van der Waals surface area contributed by atoms with Gasteiger partial charge in [0.1, 0.15) is 22.9 Å². The maximum absolute atomic E-state index is 15.4. The van der Waals surface area contributed by atoms with Gasteiger partial charge in [-0.25, -0.2) is 14.2 Å². The van der Waals surface area contributed by atoms with Gasteiger partial charge < -0.3 is 19.5 Å². The lowest BCUT2D eigenvalue weighted by atomic mass is 9.73. The van der Waals surface area contributed by atoms with Gasteiger partial charge >= 0.3 is 5.97 Å². The second kappa shape index (κ2) is 8.41. The van der Waals surface area contributed by atoms with E-state index in [4.69, 9.17) is 16.3 Å². The average molecular weight is 412 g/mol. The van der Waals surface area contributed by atoms with E-state index >= 15 is 4.39 Å². The summed E-state index contributed by atoms with van der Waals surface area (Å²) in [6, 6.07) is 1.93. The molecule has 1 fully saturated rings. The van der Waals surface area contributed by atoms with E-state index in [1.54, 1.807) is 11.8 Å². The Hall–Kier alpha value is -2.24. The van der Waals surface area contributed by atoms with Gasteiger partial charge in [0.25, 0.3) is 0 Å². The van der Waals surface area contributed by atoms with Crippen LogP contribution in [-0.2, 0) is 14.3 Å². The molecule has 28 heavy (non-hydrogen) atoms. The quantitative estimate of drug-likeness (QED) is 0.312. The topological polar surface area (TPSA) is 103 Å². The first-order chi connectivity index (χ1) is 13.2. The fourth-order valence-corrected chi connectivity index (χ4v) is 4.10. The maximum atomic E-state index is 15.4. The molecule has 1 N–H and O–H groups in total. The van der Waals surface area contributed by atoms with Crippen LogP contribution in [0.25, 0.3) is 0 Å². The van der Waals surface area contributed by atoms with Crippen LogP contribution >= 0.6 is 11.6 Å². The van der Waals surface area contributed by atoms with Crippen molar-refractivity contribution >= 4 is 29.7 Å². The van der Waals surface area contributed by atoms with Crippen molar-refractivity contribution in [3.63, 3.8) is 0 Å². The minimum atomic E-state index is -2.16. The van der Waals surface area contributed by atoms with Gasteiger partial charge in [-0.15, -0.1) is 11.6 Å². The van der Waals surface area contributed by atoms with E-state index in [-0.39, 0.29) is 23.7 Å². The van der Waals surface area contributed by atoms with Crippen LogP contribution in [0.15, 0.2) is 28.2 Å². The molecule has 7 nitrogen and oxygen atoms in total. The molecule has 0 amide bonds. The number of halogens is 2. The molecule has 0 aromatic rings. The van der Waals surface area contributed by atoms with Crippen molar-refractivity contribution in [3.8, 4) is 6.07 Å². The first-order valence-corrected chi connectivity index (χ1v) is 9.42. The summed E-state index contributed by atoms with van der Waals surface area (Å²) in [5.74, 6) is -3.40. The fourth-order valence-electron chi connectivity index (χ4n) is 3.65. The Morgan fingerprint density at radius 3 is 2.64 bits per heavy atom. The second-order valence-electron chi connectivity index (χ2n) is 6.90. The first kappa shape index (κ1) is 22.1. The van der Waals surface area contributed by atoms with E-state index < -0.39 is 28.2 Å². The van der Waals surface area contributed by atoms with Crippen LogP contribution in [-0.4, -0.2) is 58.3 Å². The molecule has 0 spiro atoms. The molecular weight excluding hydrogens is 389 g/mol. The summed E-state index contributed by atoms with van der Waals surface area (Å²) in [5.41, 5.74) is -2.77. The number of alkyl halides is 1. The average Bonchev–Trinajstić information content (AvgIpc) is 3.17. The summed E-state index contributed by atoms with van der Waals surface area (Å²) in [4.78, 5) is 27.5. The van der Waals surface area contributed by atoms with Gasteiger partial charge in [0, 0.05) is 31.2 Å². The summed E-state index contributed by atoms with van der Waals surface area (Å²) in [6.07, 6.45) is 3.23. The number of ether oxygens (including phenoxy) is 1. The number of amidine groups is 1. The zero-order chi connectivity index (χ0) is 21.1. The number of carboxylic acid groups (broad SMARTS) is 1. The molecule has 3 unspecified atom stereocenters. The van der Waals surface area contributed by atoms with Crippen molar-refractivity contribution in [1.82, 2.24) is 4.90 Å². The van der Waals surface area contributed by atoms with Gasteiger partial charge in [-0.1, -0.05) is 6.92 Å². The molecular formula is C19H23ClFN3O4. The standard InChI is InChI=1S/C19H23ClFN3O4/c1-4-28-19(17(26)27)9-13(23-14(10-22)24-7-5-6-8-24)16(21)15(12(2)11-25)18(19,3)20/h9,11-12H,4-8H2,1-3H3,(H,26,27). The van der Waals surface area contributed by atoms with E-state index in [1.165, 1.54) is 13.8 Å². The third kappa shape index (κ3) is 3.56. The van der Waals surface area contributed by atoms with Gasteiger partial charge in [-0.2, -0.15) is 5.26 Å². The van der Waals surface area contributed by atoms with E-state index in [2.05, 4.69) is 4.99 Å². The SMILES string of the molecule is CCOC1(C(=O)O)C=C(N=C(C#N)N2CCCC2)C(F)=C(C(C)C=O)C1(C)Cl. The smallest absolute Gasteiger partial charge is 0.342 e. The molecule has 9 heteroatoms. The molecule has 152 valence electrons. The van der Waals surface area contributed by atoms with E-state index in [0.29, 0.717) is 19.4 Å². The van der Waals surface area contributed by atoms with Gasteiger partial charge in [-0.3, -0.25) is 0 Å². The zero-order valence-corrected chi connectivity index (χ0v) is 16.8. The molecule has 3 atom stereocenters. The predicted molar refractivity (Wildman–Crippen MR) is 102 cm³/mol. The second-order valence-corrected chi connectivity index (χ2v) is 7.66. The minimum Gasteiger partial charge on any atom is -0.479 e. The number of aliphatic carboxylic acids is 1. The first-order valence-electron chi connectivity index (χ1n) is 9.04. The lowest BCUT2D eigenvalue weighted by molar-refractivity contribution is -0.162. The number of likely N-dealkylation sites (tertiary alicyclic amines) is 1. The maximum Gasteiger partial charge on any atom is 0.342 e. The van der Waals surface area contributed by atoms with Crippen LogP contribution < -0.4 is 0 Å². The van der Waals surface area contributed by atoms with Crippen molar-refractivity contribution in [2.45, 2.75) is 44.1 Å². The van der Waals surface area contributed by atoms with Crippen LogP contribution in [0.5, 0.6) is 0 Å². The Morgan fingerprint density at radius 2 is 2.18 bits per heavy atom. The molecule has 0 bridgehead atoms. The number of hydrogen-bond donors (Lipinski definition) is 1. The molecule has 0 radical (unpaired) electrons. The van der Waals surface area contributed by atoms with Crippen molar-refractivity contribution in [2.75, 3.05) is 19.7 Å². The Bertz CT molecular complexity index is 793. The minimum absolute atomic E-state index is 0.0223. The predicted octanol–water partition coefficient (Wildman–Crippen LogP) is 2.82. The monoisotopic (exact) mass is 411 g/mol. The van der Waals surface area contributed by atoms with Crippen molar-refractivity contribution < 1.29 is 23.8 Å². The molecule has 1 aliphatic heterocycles. The summed E-state index contributed by atoms with van der Waals surface area (Å²) < 4.78 is 20.9. The number of aldehydes is 1. The Balaban J connectivity index is 2.75. The molecule has 0 aromatic carbocycles. The van der Waals surface area contributed by atoms with E-state index in [9.17, 15) is 20.0 Å². The summed E-state index contributed by atoms with van der Waals surface area (Å²) in [7, 11) is 0. The van der Waals surface area contributed by atoms with Crippen molar-refractivity contribution in [3.05, 3.63) is 23.2 Å². The lowest BCUT2D eigenvalue weighted by Gasteiger charge is -2.44. The molecule has 1 saturated heterocycles. The number of aliphatic imine (C=N–C) groups is 1. The highest BCUT2D eigenvalue weighted by Gasteiger charge is 2.60. The summed E-state index contributed by atoms with van der Waals surface area (Å²) in [5, 5.41) is 19.4. The molecule has 0 saturated carbocycles. The molecule has 1 aliphatic carbocycles. The highest BCUT2D eigenvalue weighted by Crippen LogP contribution is 2.50. The van der Waals surface area contributed by atoms with Gasteiger partial charge in [-0.05, 0) is 32.8 Å². The molecule has 1 heterocycles. The third-order valence-corrected chi connectivity index (χ3v) is 5.57. The van der Waals surface area contributed by atoms with Gasteiger partial charge in [0.15, 0.2) is 5.83 Å². The number of rotatable bonds is 6. The lowest BCUT2D eigenvalue weighted by Crippen LogP contribution is -2.58.